The zero-order chi connectivity index (χ0) is 16.2. The average molecular weight is 310 g/mol. The van der Waals surface area contributed by atoms with Crippen molar-refractivity contribution in [3.63, 3.8) is 0 Å². The molecular weight excluding hydrogens is 288 g/mol. The van der Waals surface area contributed by atoms with Gasteiger partial charge in [0, 0.05) is 31.9 Å². The number of rotatable bonds is 4. The average Bonchev–Trinajstić information content (AvgIpc) is 2.57. The van der Waals surface area contributed by atoms with Crippen molar-refractivity contribution in [1.29, 1.82) is 0 Å². The highest BCUT2D eigenvalue weighted by Gasteiger charge is 2.30. The Morgan fingerprint density at radius 3 is 2.17 bits per heavy atom. The van der Waals surface area contributed by atoms with E-state index in [9.17, 15) is 9.90 Å². The van der Waals surface area contributed by atoms with Crippen molar-refractivity contribution in [2.45, 2.75) is 13.0 Å². The molecule has 4 heteroatoms. The molecule has 120 valence electrons. The van der Waals surface area contributed by atoms with Gasteiger partial charge in [-0.1, -0.05) is 48.5 Å². The summed E-state index contributed by atoms with van der Waals surface area (Å²) in [5, 5.41) is 9.65. The maximum Gasteiger partial charge on any atom is 0.325 e. The molecule has 2 aromatic carbocycles. The van der Waals surface area contributed by atoms with E-state index >= 15 is 0 Å². The number of carboxylic acids is 1. The molecule has 1 atom stereocenters. The van der Waals surface area contributed by atoms with Crippen LogP contribution in [0.15, 0.2) is 54.6 Å². The Kier molecular flexibility index (Phi) is 4.63. The lowest BCUT2D eigenvalue weighted by Crippen LogP contribution is -2.49. The Labute approximate surface area is 137 Å². The topological polar surface area (TPSA) is 43.8 Å². The minimum absolute atomic E-state index is 0.560. The van der Waals surface area contributed by atoms with E-state index in [4.69, 9.17) is 0 Å². The van der Waals surface area contributed by atoms with Crippen LogP contribution in [0.1, 0.15) is 17.2 Å². The third-order valence-electron chi connectivity index (χ3n) is 4.48. The van der Waals surface area contributed by atoms with E-state index in [2.05, 4.69) is 34.9 Å². The Balaban J connectivity index is 1.72. The van der Waals surface area contributed by atoms with E-state index in [1.807, 2.05) is 36.4 Å². The van der Waals surface area contributed by atoms with Crippen molar-refractivity contribution in [1.82, 2.24) is 4.90 Å². The molecule has 23 heavy (non-hydrogen) atoms. The highest BCUT2D eigenvalue weighted by Crippen LogP contribution is 2.26. The van der Waals surface area contributed by atoms with Gasteiger partial charge in [0.2, 0.25) is 0 Å². The van der Waals surface area contributed by atoms with Crippen LogP contribution in [0.5, 0.6) is 0 Å². The summed E-state index contributed by atoms with van der Waals surface area (Å²) in [5.74, 6) is -0.777. The standard InChI is InChI=1S/C19H22N2O2/c1-15-7-5-6-10-17(15)20-11-13-21(14-12-20)18(19(22)23)16-8-3-2-4-9-16/h2-10,18H,11-14H2,1H3,(H,22,23)/t18-/m0/s1. The van der Waals surface area contributed by atoms with E-state index in [0.29, 0.717) is 0 Å². The predicted molar refractivity (Wildman–Crippen MR) is 91.8 cm³/mol. The van der Waals surface area contributed by atoms with Crippen molar-refractivity contribution in [3.05, 3.63) is 65.7 Å². The van der Waals surface area contributed by atoms with E-state index in [0.717, 1.165) is 31.7 Å². The molecule has 1 aliphatic heterocycles. The van der Waals surface area contributed by atoms with Crippen LogP contribution >= 0.6 is 0 Å². The zero-order valence-electron chi connectivity index (χ0n) is 13.4. The van der Waals surface area contributed by atoms with Gasteiger partial charge in [0.05, 0.1) is 0 Å². The normalized spacial score (nSPS) is 17.0. The van der Waals surface area contributed by atoms with Crippen molar-refractivity contribution >= 4 is 11.7 Å². The van der Waals surface area contributed by atoms with Crippen molar-refractivity contribution in [3.8, 4) is 0 Å². The van der Waals surface area contributed by atoms with Gasteiger partial charge in [-0.05, 0) is 24.1 Å². The fourth-order valence-corrected chi connectivity index (χ4v) is 3.28. The molecule has 1 N–H and O–H groups in total. The lowest BCUT2D eigenvalue weighted by atomic mass is 10.0. The van der Waals surface area contributed by atoms with Gasteiger partial charge >= 0.3 is 5.97 Å². The van der Waals surface area contributed by atoms with Gasteiger partial charge in [0.25, 0.3) is 0 Å². The molecule has 0 saturated carbocycles. The van der Waals surface area contributed by atoms with Crippen LogP contribution in [-0.4, -0.2) is 42.2 Å². The Morgan fingerprint density at radius 2 is 1.57 bits per heavy atom. The Morgan fingerprint density at radius 1 is 0.957 bits per heavy atom. The quantitative estimate of drug-likeness (QED) is 0.943. The Bertz CT molecular complexity index is 664. The molecule has 0 spiro atoms. The van der Waals surface area contributed by atoms with Crippen LogP contribution in [0, 0.1) is 6.92 Å². The number of piperazine rings is 1. The second kappa shape index (κ2) is 6.84. The maximum absolute atomic E-state index is 11.7. The van der Waals surface area contributed by atoms with Crippen LogP contribution in [-0.2, 0) is 4.79 Å². The minimum atomic E-state index is -0.777. The number of nitrogens with zero attached hydrogens (tertiary/aromatic N) is 2. The minimum Gasteiger partial charge on any atom is -0.480 e. The summed E-state index contributed by atoms with van der Waals surface area (Å²) in [6.45, 7) is 5.31. The molecule has 2 aromatic rings. The largest absolute Gasteiger partial charge is 0.480 e. The number of carboxylic acid groups (broad SMARTS) is 1. The first-order valence-corrected chi connectivity index (χ1v) is 7.99. The van der Waals surface area contributed by atoms with Crippen LogP contribution in [0.2, 0.25) is 0 Å². The summed E-state index contributed by atoms with van der Waals surface area (Å²) in [5.41, 5.74) is 3.36. The molecule has 4 nitrogen and oxygen atoms in total. The molecule has 1 heterocycles. The maximum atomic E-state index is 11.7. The van der Waals surface area contributed by atoms with Gasteiger partial charge in [0.1, 0.15) is 6.04 Å². The molecule has 1 aliphatic rings. The van der Waals surface area contributed by atoms with Crippen LogP contribution in [0.4, 0.5) is 5.69 Å². The summed E-state index contributed by atoms with van der Waals surface area (Å²) < 4.78 is 0. The first-order chi connectivity index (χ1) is 11.2. The van der Waals surface area contributed by atoms with Crippen LogP contribution in [0.3, 0.4) is 0 Å². The van der Waals surface area contributed by atoms with Crippen molar-refractivity contribution in [2.24, 2.45) is 0 Å². The highest BCUT2D eigenvalue weighted by atomic mass is 16.4. The SMILES string of the molecule is Cc1ccccc1N1CCN([C@H](C(=O)O)c2ccccc2)CC1. The van der Waals surface area contributed by atoms with E-state index < -0.39 is 12.0 Å². The molecule has 0 unspecified atom stereocenters. The number of aliphatic carboxylic acids is 1. The number of para-hydroxylation sites is 1. The second-order valence-corrected chi connectivity index (χ2v) is 5.96. The summed E-state index contributed by atoms with van der Waals surface area (Å²) in [4.78, 5) is 16.2. The number of carbonyl (C=O) groups is 1. The first-order valence-electron chi connectivity index (χ1n) is 7.99. The molecule has 0 aliphatic carbocycles. The third-order valence-corrected chi connectivity index (χ3v) is 4.48. The third kappa shape index (κ3) is 3.37. The van der Waals surface area contributed by atoms with Gasteiger partial charge in [-0.3, -0.25) is 9.69 Å². The predicted octanol–water partition coefficient (Wildman–Crippen LogP) is 2.94. The summed E-state index contributed by atoms with van der Waals surface area (Å²) >= 11 is 0. The fourth-order valence-electron chi connectivity index (χ4n) is 3.28. The number of anilines is 1. The molecule has 3 rings (SSSR count). The number of benzene rings is 2. The van der Waals surface area contributed by atoms with Crippen molar-refractivity contribution < 1.29 is 9.90 Å². The summed E-state index contributed by atoms with van der Waals surface area (Å²) in [7, 11) is 0. The van der Waals surface area contributed by atoms with Gasteiger partial charge in [-0.25, -0.2) is 0 Å². The van der Waals surface area contributed by atoms with Gasteiger partial charge < -0.3 is 10.0 Å². The number of hydrogen-bond acceptors (Lipinski definition) is 3. The van der Waals surface area contributed by atoms with Gasteiger partial charge in [-0.2, -0.15) is 0 Å². The van der Waals surface area contributed by atoms with E-state index in [1.165, 1.54) is 11.3 Å². The molecule has 0 radical (unpaired) electrons. The molecule has 1 saturated heterocycles. The lowest BCUT2D eigenvalue weighted by Gasteiger charge is -2.39. The highest BCUT2D eigenvalue weighted by molar-refractivity contribution is 5.75. The summed E-state index contributed by atoms with van der Waals surface area (Å²) in [6.07, 6.45) is 0. The number of aryl methyl sites for hydroxylation is 1. The van der Waals surface area contributed by atoms with Crippen molar-refractivity contribution in [2.75, 3.05) is 31.1 Å². The van der Waals surface area contributed by atoms with E-state index in [-0.39, 0.29) is 0 Å². The lowest BCUT2D eigenvalue weighted by molar-refractivity contribution is -0.143. The fraction of sp³-hybridized carbons (Fsp3) is 0.316. The van der Waals surface area contributed by atoms with E-state index in [1.54, 1.807) is 0 Å². The summed E-state index contributed by atoms with van der Waals surface area (Å²) in [6, 6.07) is 17.3. The second-order valence-electron chi connectivity index (χ2n) is 5.96. The zero-order valence-corrected chi connectivity index (χ0v) is 13.4. The molecule has 0 bridgehead atoms. The number of hydrogen-bond donors (Lipinski definition) is 1. The monoisotopic (exact) mass is 310 g/mol. The molecule has 0 amide bonds. The smallest absolute Gasteiger partial charge is 0.325 e. The first kappa shape index (κ1) is 15.6. The van der Waals surface area contributed by atoms with Gasteiger partial charge in [-0.15, -0.1) is 0 Å². The van der Waals surface area contributed by atoms with Crippen LogP contribution in [0.25, 0.3) is 0 Å². The van der Waals surface area contributed by atoms with Gasteiger partial charge in [0.15, 0.2) is 0 Å². The Hall–Kier alpha value is -2.33. The van der Waals surface area contributed by atoms with Crippen LogP contribution < -0.4 is 4.90 Å². The molecular formula is C19H22N2O2. The molecule has 0 aromatic heterocycles. The molecule has 1 fully saturated rings.